The third-order valence-electron chi connectivity index (χ3n) is 3.53. The number of nitrogens with zero attached hydrogens (tertiary/aromatic N) is 2. The standard InChI is InChI=1S/C13H14FN3O2S/c14-11-5-2-1-4-10(11)12-6-3-7-17(12)20(18,19)13-8-15-9-16-13/h1-2,4-5,8-9,12H,3,6-7H2,(H,15,16). The first-order chi connectivity index (χ1) is 9.60. The molecule has 7 heteroatoms. The largest absolute Gasteiger partial charge is 0.335 e. The van der Waals surface area contributed by atoms with Crippen LogP contribution in [-0.2, 0) is 10.0 Å². The minimum absolute atomic E-state index is 0.0424. The number of aromatic nitrogens is 2. The maximum Gasteiger partial charge on any atom is 0.260 e. The van der Waals surface area contributed by atoms with Crippen molar-refractivity contribution in [3.05, 3.63) is 48.2 Å². The predicted octanol–water partition coefficient (Wildman–Crippen LogP) is 2.07. The number of benzene rings is 1. The molecule has 20 heavy (non-hydrogen) atoms. The molecule has 0 bridgehead atoms. The van der Waals surface area contributed by atoms with E-state index in [1.54, 1.807) is 18.2 Å². The molecule has 1 aromatic heterocycles. The maximum absolute atomic E-state index is 13.9. The molecular weight excluding hydrogens is 281 g/mol. The zero-order chi connectivity index (χ0) is 14.2. The van der Waals surface area contributed by atoms with Crippen molar-refractivity contribution < 1.29 is 12.8 Å². The highest BCUT2D eigenvalue weighted by molar-refractivity contribution is 7.89. The number of nitrogens with one attached hydrogen (secondary N) is 1. The van der Waals surface area contributed by atoms with E-state index in [9.17, 15) is 12.8 Å². The molecule has 1 atom stereocenters. The fraction of sp³-hybridized carbons (Fsp3) is 0.308. The topological polar surface area (TPSA) is 66.1 Å². The summed E-state index contributed by atoms with van der Waals surface area (Å²) in [5.74, 6) is -0.371. The molecule has 2 heterocycles. The summed E-state index contributed by atoms with van der Waals surface area (Å²) in [6, 6.07) is 5.86. The Hall–Kier alpha value is -1.73. The van der Waals surface area contributed by atoms with Crippen LogP contribution >= 0.6 is 0 Å². The minimum Gasteiger partial charge on any atom is -0.335 e. The van der Waals surface area contributed by atoms with Crippen LogP contribution in [-0.4, -0.2) is 29.2 Å². The monoisotopic (exact) mass is 295 g/mol. The van der Waals surface area contributed by atoms with E-state index in [2.05, 4.69) is 9.97 Å². The smallest absolute Gasteiger partial charge is 0.260 e. The highest BCUT2D eigenvalue weighted by atomic mass is 32.2. The third kappa shape index (κ3) is 2.12. The summed E-state index contributed by atoms with van der Waals surface area (Å²) in [5.41, 5.74) is 0.424. The number of hydrogen-bond donors (Lipinski definition) is 1. The van der Waals surface area contributed by atoms with E-state index in [1.165, 1.54) is 22.9 Å². The van der Waals surface area contributed by atoms with Crippen molar-refractivity contribution in [1.82, 2.24) is 14.3 Å². The van der Waals surface area contributed by atoms with Gasteiger partial charge in [0.15, 0.2) is 5.03 Å². The van der Waals surface area contributed by atoms with Gasteiger partial charge in [0, 0.05) is 12.1 Å². The Morgan fingerprint density at radius 3 is 2.85 bits per heavy atom. The number of aromatic amines is 1. The number of hydrogen-bond acceptors (Lipinski definition) is 3. The van der Waals surface area contributed by atoms with E-state index in [-0.39, 0.29) is 10.8 Å². The van der Waals surface area contributed by atoms with Gasteiger partial charge in [-0.3, -0.25) is 0 Å². The molecule has 0 amide bonds. The van der Waals surface area contributed by atoms with E-state index in [0.717, 1.165) is 0 Å². The highest BCUT2D eigenvalue weighted by Crippen LogP contribution is 2.36. The molecule has 0 saturated carbocycles. The Morgan fingerprint density at radius 1 is 1.35 bits per heavy atom. The second-order valence-corrected chi connectivity index (χ2v) is 6.57. The molecule has 3 rings (SSSR count). The lowest BCUT2D eigenvalue weighted by Crippen LogP contribution is -2.31. The van der Waals surface area contributed by atoms with Gasteiger partial charge in [-0.05, 0) is 18.9 Å². The molecule has 0 aliphatic carbocycles. The average molecular weight is 295 g/mol. The zero-order valence-corrected chi connectivity index (χ0v) is 11.5. The maximum atomic E-state index is 13.9. The SMILES string of the molecule is O=S(=O)(c1cnc[nH]1)N1CCCC1c1ccccc1F. The van der Waals surface area contributed by atoms with Crippen LogP contribution in [0.1, 0.15) is 24.4 Å². The van der Waals surface area contributed by atoms with Gasteiger partial charge in [-0.25, -0.2) is 17.8 Å². The lowest BCUT2D eigenvalue weighted by Gasteiger charge is -2.23. The van der Waals surface area contributed by atoms with Gasteiger partial charge in [0.1, 0.15) is 5.82 Å². The molecule has 1 aliphatic rings. The fourth-order valence-corrected chi connectivity index (χ4v) is 4.17. The first-order valence-electron chi connectivity index (χ1n) is 6.35. The molecule has 0 spiro atoms. The Bertz CT molecular complexity index is 700. The van der Waals surface area contributed by atoms with Crippen LogP contribution in [0.3, 0.4) is 0 Å². The molecule has 1 saturated heterocycles. The summed E-state index contributed by atoms with van der Waals surface area (Å²) in [5, 5.41) is 0.0424. The van der Waals surface area contributed by atoms with Gasteiger partial charge in [0.2, 0.25) is 0 Å². The molecule has 1 unspecified atom stereocenters. The first kappa shape index (κ1) is 13.3. The van der Waals surface area contributed by atoms with Crippen molar-refractivity contribution >= 4 is 10.0 Å². The van der Waals surface area contributed by atoms with Gasteiger partial charge in [0.25, 0.3) is 10.0 Å². The van der Waals surface area contributed by atoms with Crippen molar-refractivity contribution in [2.45, 2.75) is 23.9 Å². The van der Waals surface area contributed by atoms with Gasteiger partial charge in [-0.2, -0.15) is 4.31 Å². The van der Waals surface area contributed by atoms with Crippen molar-refractivity contribution in [2.24, 2.45) is 0 Å². The zero-order valence-electron chi connectivity index (χ0n) is 10.7. The molecule has 0 radical (unpaired) electrons. The van der Waals surface area contributed by atoms with Gasteiger partial charge >= 0.3 is 0 Å². The quantitative estimate of drug-likeness (QED) is 0.942. The van der Waals surface area contributed by atoms with Crippen LogP contribution in [0.4, 0.5) is 4.39 Å². The number of sulfonamides is 1. The lowest BCUT2D eigenvalue weighted by molar-refractivity contribution is 0.385. The van der Waals surface area contributed by atoms with E-state index < -0.39 is 16.1 Å². The van der Waals surface area contributed by atoms with Crippen molar-refractivity contribution in [1.29, 1.82) is 0 Å². The van der Waals surface area contributed by atoms with Crippen LogP contribution in [0.2, 0.25) is 0 Å². The fourth-order valence-electron chi connectivity index (χ4n) is 2.59. The Balaban J connectivity index is 2.00. The van der Waals surface area contributed by atoms with Crippen LogP contribution in [0.15, 0.2) is 41.8 Å². The van der Waals surface area contributed by atoms with Crippen molar-refractivity contribution in [2.75, 3.05) is 6.54 Å². The van der Waals surface area contributed by atoms with Gasteiger partial charge in [0.05, 0.1) is 18.6 Å². The molecule has 106 valence electrons. The minimum atomic E-state index is -3.66. The first-order valence-corrected chi connectivity index (χ1v) is 7.79. The number of H-pyrrole nitrogens is 1. The summed E-state index contributed by atoms with van der Waals surface area (Å²) in [6.45, 7) is 0.389. The lowest BCUT2D eigenvalue weighted by atomic mass is 10.1. The summed E-state index contributed by atoms with van der Waals surface area (Å²) in [6.07, 6.45) is 3.92. The molecule has 1 fully saturated rings. The summed E-state index contributed by atoms with van der Waals surface area (Å²) >= 11 is 0. The molecule has 1 aromatic carbocycles. The summed E-state index contributed by atoms with van der Waals surface area (Å²) in [4.78, 5) is 6.35. The second-order valence-electron chi connectivity index (χ2n) is 4.71. The van der Waals surface area contributed by atoms with E-state index in [0.29, 0.717) is 24.9 Å². The second kappa shape index (κ2) is 4.99. The van der Waals surface area contributed by atoms with Crippen LogP contribution in [0, 0.1) is 5.82 Å². The van der Waals surface area contributed by atoms with Crippen molar-refractivity contribution in [3.63, 3.8) is 0 Å². The molecule has 5 nitrogen and oxygen atoms in total. The van der Waals surface area contributed by atoms with Crippen LogP contribution in [0.25, 0.3) is 0 Å². The average Bonchev–Trinajstić information content (AvgIpc) is 3.11. The Morgan fingerprint density at radius 2 is 2.15 bits per heavy atom. The summed E-state index contributed by atoms with van der Waals surface area (Å²) in [7, 11) is -3.66. The van der Waals surface area contributed by atoms with E-state index in [1.807, 2.05) is 0 Å². The highest BCUT2D eigenvalue weighted by Gasteiger charge is 2.37. The van der Waals surface area contributed by atoms with Crippen molar-refractivity contribution in [3.8, 4) is 0 Å². The molecular formula is C13H14FN3O2S. The van der Waals surface area contributed by atoms with Gasteiger partial charge < -0.3 is 4.98 Å². The van der Waals surface area contributed by atoms with Crippen LogP contribution < -0.4 is 0 Å². The predicted molar refractivity (Wildman–Crippen MR) is 70.9 cm³/mol. The number of imidazole rings is 1. The van der Waals surface area contributed by atoms with Gasteiger partial charge in [-0.15, -0.1) is 0 Å². The molecule has 1 aliphatic heterocycles. The molecule has 1 N–H and O–H groups in total. The third-order valence-corrected chi connectivity index (χ3v) is 5.36. The van der Waals surface area contributed by atoms with E-state index in [4.69, 9.17) is 0 Å². The molecule has 2 aromatic rings. The number of rotatable bonds is 3. The van der Waals surface area contributed by atoms with Crippen LogP contribution in [0.5, 0.6) is 0 Å². The Kier molecular flexibility index (Phi) is 3.31. The number of halogens is 1. The van der Waals surface area contributed by atoms with Gasteiger partial charge in [-0.1, -0.05) is 18.2 Å². The van der Waals surface area contributed by atoms with E-state index >= 15 is 0 Å². The summed E-state index contributed by atoms with van der Waals surface area (Å²) < 4.78 is 40.3. The Labute approximate surface area is 116 Å². The normalized spacial score (nSPS) is 20.4.